The Bertz CT molecular complexity index is 1410. The van der Waals surface area contributed by atoms with Gasteiger partial charge < -0.3 is 4.90 Å². The van der Waals surface area contributed by atoms with Crippen LogP contribution in [0.4, 0.5) is 18.9 Å². The Morgan fingerprint density at radius 3 is 2.36 bits per heavy atom. The summed E-state index contributed by atoms with van der Waals surface area (Å²) in [7, 11) is -3.77. The van der Waals surface area contributed by atoms with Crippen molar-refractivity contribution in [3.05, 3.63) is 89.0 Å². The maximum atomic E-state index is 13.1. The predicted octanol–water partition coefficient (Wildman–Crippen LogP) is 4.50. The molecule has 0 saturated carbocycles. The monoisotopic (exact) mass is 515 g/mol. The predicted molar refractivity (Wildman–Crippen MR) is 130 cm³/mol. The lowest BCUT2D eigenvalue weighted by Crippen LogP contribution is -2.29. The van der Waals surface area contributed by atoms with Crippen molar-refractivity contribution in [2.45, 2.75) is 32.1 Å². The largest absolute Gasteiger partial charge is 0.416 e. The van der Waals surface area contributed by atoms with E-state index in [0.717, 1.165) is 56.8 Å². The molecule has 1 fully saturated rings. The molecule has 0 aliphatic carbocycles. The average molecular weight is 516 g/mol. The van der Waals surface area contributed by atoms with Crippen molar-refractivity contribution < 1.29 is 26.4 Å². The number of rotatable bonds is 5. The highest BCUT2D eigenvalue weighted by Crippen LogP contribution is 2.36. The molecule has 0 atom stereocenters. The number of nitrogens with one attached hydrogen (secondary N) is 1. The number of alkyl halides is 3. The summed E-state index contributed by atoms with van der Waals surface area (Å²) in [4.78, 5) is 13.5. The molecular formula is C26H24F3N3O3S. The van der Waals surface area contributed by atoms with Crippen LogP contribution in [0.1, 0.15) is 28.7 Å². The number of halogens is 3. The van der Waals surface area contributed by atoms with Gasteiger partial charge in [-0.05, 0) is 64.9 Å². The van der Waals surface area contributed by atoms with Gasteiger partial charge in [0.1, 0.15) is 0 Å². The lowest BCUT2D eigenvalue weighted by Gasteiger charge is -2.32. The van der Waals surface area contributed by atoms with Gasteiger partial charge in [-0.15, -0.1) is 0 Å². The molecule has 1 saturated heterocycles. The first-order chi connectivity index (χ1) is 17.1. The van der Waals surface area contributed by atoms with Crippen molar-refractivity contribution in [3.8, 4) is 11.1 Å². The van der Waals surface area contributed by atoms with E-state index >= 15 is 0 Å². The summed E-state index contributed by atoms with van der Waals surface area (Å²) in [6.07, 6.45) is -2.92. The highest BCUT2D eigenvalue weighted by atomic mass is 32.2. The third kappa shape index (κ3) is 5.10. The SMILES string of the molecule is O=C1CN(Cc2ccc(-c3cccc(CN4CCCc5cc(C(F)(F)F)ccc54)c3)cc2)S(=O)(=O)N1. The molecule has 1 N–H and O–H groups in total. The molecule has 3 aromatic rings. The quantitative estimate of drug-likeness (QED) is 0.543. The van der Waals surface area contributed by atoms with Crippen molar-refractivity contribution in [2.24, 2.45) is 0 Å². The van der Waals surface area contributed by atoms with Gasteiger partial charge in [0.15, 0.2) is 0 Å². The summed E-state index contributed by atoms with van der Waals surface area (Å²) < 4.78 is 66.3. The summed E-state index contributed by atoms with van der Waals surface area (Å²) in [5.74, 6) is -0.541. The third-order valence-electron chi connectivity index (χ3n) is 6.47. The molecule has 188 valence electrons. The van der Waals surface area contributed by atoms with Crippen LogP contribution >= 0.6 is 0 Å². The number of anilines is 1. The van der Waals surface area contributed by atoms with Crippen molar-refractivity contribution in [1.82, 2.24) is 9.03 Å². The zero-order valence-electron chi connectivity index (χ0n) is 19.3. The van der Waals surface area contributed by atoms with Gasteiger partial charge in [0.05, 0.1) is 12.1 Å². The summed E-state index contributed by atoms with van der Waals surface area (Å²) >= 11 is 0. The smallest absolute Gasteiger partial charge is 0.367 e. The van der Waals surface area contributed by atoms with E-state index in [1.807, 2.05) is 47.2 Å². The number of hydrogen-bond donors (Lipinski definition) is 1. The number of benzene rings is 3. The highest BCUT2D eigenvalue weighted by Gasteiger charge is 2.34. The fourth-order valence-corrected chi connectivity index (χ4v) is 5.81. The van der Waals surface area contributed by atoms with Gasteiger partial charge >= 0.3 is 16.4 Å². The van der Waals surface area contributed by atoms with Crippen LogP contribution in [0.25, 0.3) is 11.1 Å². The highest BCUT2D eigenvalue weighted by molar-refractivity contribution is 7.88. The van der Waals surface area contributed by atoms with Crippen LogP contribution in [0.15, 0.2) is 66.7 Å². The van der Waals surface area contributed by atoms with Gasteiger partial charge in [-0.25, -0.2) is 4.72 Å². The molecule has 0 aromatic heterocycles. The third-order valence-corrected chi connectivity index (χ3v) is 7.89. The van der Waals surface area contributed by atoms with E-state index < -0.39 is 27.9 Å². The van der Waals surface area contributed by atoms with E-state index in [2.05, 4.69) is 11.0 Å². The van der Waals surface area contributed by atoms with Gasteiger partial charge in [-0.1, -0.05) is 42.5 Å². The summed E-state index contributed by atoms with van der Waals surface area (Å²) in [5, 5.41) is 0. The molecule has 5 rings (SSSR count). The molecule has 0 spiro atoms. The number of nitrogens with zero attached hydrogens (tertiary/aromatic N) is 2. The van der Waals surface area contributed by atoms with Crippen molar-refractivity contribution in [1.29, 1.82) is 0 Å². The second kappa shape index (κ2) is 9.25. The summed E-state index contributed by atoms with van der Waals surface area (Å²) in [5.41, 5.74) is 4.68. The van der Waals surface area contributed by atoms with Gasteiger partial charge in [-0.2, -0.15) is 25.9 Å². The molecule has 36 heavy (non-hydrogen) atoms. The molecule has 2 aliphatic heterocycles. The van der Waals surface area contributed by atoms with E-state index in [0.29, 0.717) is 13.0 Å². The van der Waals surface area contributed by atoms with Gasteiger partial charge in [-0.3, -0.25) is 4.79 Å². The number of fused-ring (bicyclic) bond motifs is 1. The first kappa shape index (κ1) is 24.3. The van der Waals surface area contributed by atoms with Crippen LogP contribution in [-0.2, 0) is 40.7 Å². The van der Waals surface area contributed by atoms with Crippen molar-refractivity contribution in [2.75, 3.05) is 18.0 Å². The molecular weight excluding hydrogens is 491 g/mol. The lowest BCUT2D eigenvalue weighted by atomic mass is 9.97. The van der Waals surface area contributed by atoms with E-state index in [4.69, 9.17) is 0 Å². The maximum Gasteiger partial charge on any atom is 0.416 e. The van der Waals surface area contributed by atoms with Crippen LogP contribution in [0.2, 0.25) is 0 Å². The number of aryl methyl sites for hydroxylation is 1. The topological polar surface area (TPSA) is 69.7 Å². The Hall–Kier alpha value is -3.37. The van der Waals surface area contributed by atoms with Crippen LogP contribution in [0.3, 0.4) is 0 Å². The second-order valence-electron chi connectivity index (χ2n) is 9.06. The Morgan fingerprint density at radius 2 is 1.67 bits per heavy atom. The van der Waals surface area contributed by atoms with E-state index in [9.17, 15) is 26.4 Å². The standard InChI is InChI=1S/C26H24F3N3O3S/c27-26(28,29)23-10-11-24-22(14-23)5-2-12-31(24)15-19-3-1-4-21(13-19)20-8-6-18(7-9-20)16-32-17-25(33)30-36(32,34)35/h1,3-4,6-11,13-14H,2,5,12,15-17H2,(H,30,33). The average Bonchev–Trinajstić information content (AvgIpc) is 3.09. The van der Waals surface area contributed by atoms with Crippen LogP contribution < -0.4 is 9.62 Å². The Labute approximate surface area is 207 Å². The minimum atomic E-state index is -4.35. The zero-order valence-corrected chi connectivity index (χ0v) is 20.1. The molecule has 6 nitrogen and oxygen atoms in total. The number of carbonyl (C=O) groups excluding carboxylic acids is 1. The lowest BCUT2D eigenvalue weighted by molar-refractivity contribution is -0.137. The van der Waals surface area contributed by atoms with Crippen molar-refractivity contribution in [3.63, 3.8) is 0 Å². The fourth-order valence-electron chi connectivity index (χ4n) is 4.72. The Kier molecular flexibility index (Phi) is 6.25. The van der Waals surface area contributed by atoms with Gasteiger partial charge in [0.2, 0.25) is 5.91 Å². The molecule has 2 aliphatic rings. The molecule has 2 heterocycles. The van der Waals surface area contributed by atoms with Gasteiger partial charge in [0, 0.05) is 25.3 Å². The molecule has 3 aromatic carbocycles. The molecule has 0 radical (unpaired) electrons. The molecule has 0 unspecified atom stereocenters. The minimum absolute atomic E-state index is 0.103. The van der Waals surface area contributed by atoms with E-state index in [-0.39, 0.29) is 13.1 Å². The van der Waals surface area contributed by atoms with Crippen LogP contribution in [0.5, 0.6) is 0 Å². The number of carbonyl (C=O) groups is 1. The van der Waals surface area contributed by atoms with Gasteiger partial charge in [0.25, 0.3) is 0 Å². The first-order valence-electron chi connectivity index (χ1n) is 11.5. The number of hydrogen-bond acceptors (Lipinski definition) is 4. The Balaban J connectivity index is 1.31. The zero-order chi connectivity index (χ0) is 25.5. The minimum Gasteiger partial charge on any atom is -0.367 e. The van der Waals surface area contributed by atoms with E-state index in [1.165, 1.54) is 6.07 Å². The molecule has 1 amide bonds. The normalized spacial score (nSPS) is 17.6. The Morgan fingerprint density at radius 1 is 0.889 bits per heavy atom. The molecule has 0 bridgehead atoms. The first-order valence-corrected chi connectivity index (χ1v) is 13.0. The summed E-state index contributed by atoms with van der Waals surface area (Å²) in [6, 6.07) is 19.4. The number of amides is 1. The summed E-state index contributed by atoms with van der Waals surface area (Å²) in [6.45, 7) is 1.27. The maximum absolute atomic E-state index is 13.1. The molecule has 10 heteroatoms. The second-order valence-corrected chi connectivity index (χ2v) is 10.7. The fraction of sp³-hybridized carbons (Fsp3) is 0.269. The van der Waals surface area contributed by atoms with Crippen LogP contribution in [0, 0.1) is 0 Å². The van der Waals surface area contributed by atoms with Crippen molar-refractivity contribution >= 4 is 21.8 Å². The van der Waals surface area contributed by atoms with Crippen LogP contribution in [-0.4, -0.2) is 31.7 Å². The van der Waals surface area contributed by atoms with E-state index in [1.54, 1.807) is 6.07 Å².